The summed E-state index contributed by atoms with van der Waals surface area (Å²) in [6, 6.07) is 0. The van der Waals surface area contributed by atoms with Gasteiger partial charge in [-0.25, -0.2) is 0 Å². The number of esters is 1. The number of cyclic esters (lactones) is 1. The minimum atomic E-state index is -0.834. The van der Waals surface area contributed by atoms with Crippen molar-refractivity contribution in [3.05, 3.63) is 11.8 Å². The molecule has 0 bridgehead atoms. The van der Waals surface area contributed by atoms with Gasteiger partial charge in [0.25, 0.3) is 0 Å². The van der Waals surface area contributed by atoms with Crippen LogP contribution in [0.25, 0.3) is 0 Å². The van der Waals surface area contributed by atoms with Crippen molar-refractivity contribution in [2.24, 2.45) is 5.41 Å². The van der Waals surface area contributed by atoms with E-state index in [4.69, 9.17) is 14.2 Å². The normalized spacial score (nSPS) is 23.7. The number of ether oxygens (including phenoxy) is 3. The zero-order valence-electron chi connectivity index (χ0n) is 17.9. The predicted molar refractivity (Wildman–Crippen MR) is 110 cm³/mol. The first kappa shape index (κ1) is 24.4. The van der Waals surface area contributed by atoms with E-state index in [0.29, 0.717) is 37.5 Å². The summed E-state index contributed by atoms with van der Waals surface area (Å²) in [5.74, 6) is -0.871. The standard InChI is InChI=1S/C20H30N2O7S/c1-19(2)12-27-20(3,4)29-17(19)18(26)22-8-7-14(23)21-9-10-30-16(25)11-13-5-6-15(24)28-13/h11,17H,5-10,12H2,1-4H3,(H,21,23)(H,22,26)/b13-11+/t17-/m0/s1. The first-order chi connectivity index (χ1) is 14.0. The van der Waals surface area contributed by atoms with E-state index >= 15 is 0 Å². The van der Waals surface area contributed by atoms with E-state index in [-0.39, 0.29) is 35.9 Å². The van der Waals surface area contributed by atoms with Crippen LogP contribution in [0.3, 0.4) is 0 Å². The minimum Gasteiger partial charge on any atom is -0.431 e. The fourth-order valence-electron chi connectivity index (χ4n) is 2.89. The Morgan fingerprint density at radius 1 is 1.13 bits per heavy atom. The quantitative estimate of drug-likeness (QED) is 0.328. The summed E-state index contributed by atoms with van der Waals surface area (Å²) in [6.45, 7) is 8.20. The Labute approximate surface area is 180 Å². The van der Waals surface area contributed by atoms with E-state index in [1.165, 1.54) is 6.08 Å². The highest BCUT2D eigenvalue weighted by Crippen LogP contribution is 2.34. The lowest BCUT2D eigenvalue weighted by atomic mass is 9.85. The van der Waals surface area contributed by atoms with E-state index < -0.39 is 17.3 Å². The Hall–Kier alpha value is -1.91. The molecule has 30 heavy (non-hydrogen) atoms. The maximum atomic E-state index is 12.5. The van der Waals surface area contributed by atoms with Crippen molar-refractivity contribution in [3.8, 4) is 0 Å². The third-order valence-corrected chi connectivity index (χ3v) is 5.37. The van der Waals surface area contributed by atoms with Crippen LogP contribution >= 0.6 is 11.8 Å². The average molecular weight is 443 g/mol. The van der Waals surface area contributed by atoms with Gasteiger partial charge in [0.2, 0.25) is 16.9 Å². The summed E-state index contributed by atoms with van der Waals surface area (Å²) >= 11 is 1.03. The van der Waals surface area contributed by atoms with Crippen molar-refractivity contribution >= 4 is 34.7 Å². The SMILES string of the molecule is CC1(C)OCC(C)(C)[C@H](C(=O)NCCC(=O)NCCSC(=O)/C=C2\CCC(=O)O2)O1. The Morgan fingerprint density at radius 2 is 1.87 bits per heavy atom. The van der Waals surface area contributed by atoms with E-state index in [1.807, 2.05) is 13.8 Å². The molecule has 0 unspecified atom stereocenters. The first-order valence-corrected chi connectivity index (χ1v) is 10.9. The second kappa shape index (κ2) is 10.4. The highest BCUT2D eigenvalue weighted by Gasteiger charge is 2.45. The van der Waals surface area contributed by atoms with Gasteiger partial charge in [-0.2, -0.15) is 0 Å². The number of rotatable bonds is 8. The van der Waals surface area contributed by atoms with Crippen molar-refractivity contribution in [1.29, 1.82) is 0 Å². The molecule has 0 spiro atoms. The Kier molecular flexibility index (Phi) is 8.45. The zero-order chi connectivity index (χ0) is 22.4. The molecule has 2 N–H and O–H groups in total. The lowest BCUT2D eigenvalue weighted by Crippen LogP contribution is -2.56. The van der Waals surface area contributed by atoms with Crippen LogP contribution in [-0.2, 0) is 33.4 Å². The molecule has 168 valence electrons. The lowest BCUT2D eigenvalue weighted by molar-refractivity contribution is -0.304. The van der Waals surface area contributed by atoms with Crippen LogP contribution < -0.4 is 10.6 Å². The topological polar surface area (TPSA) is 120 Å². The molecule has 2 aliphatic rings. The number of carbonyl (C=O) groups excluding carboxylic acids is 4. The average Bonchev–Trinajstić information content (AvgIpc) is 3.05. The van der Waals surface area contributed by atoms with Gasteiger partial charge in [0.1, 0.15) is 11.9 Å². The van der Waals surface area contributed by atoms with Crippen LogP contribution in [0.15, 0.2) is 11.8 Å². The summed E-state index contributed by atoms with van der Waals surface area (Å²) < 4.78 is 16.2. The van der Waals surface area contributed by atoms with Crippen LogP contribution in [0.5, 0.6) is 0 Å². The van der Waals surface area contributed by atoms with Crippen molar-refractivity contribution < 1.29 is 33.4 Å². The van der Waals surface area contributed by atoms with Gasteiger partial charge in [0, 0.05) is 43.2 Å². The van der Waals surface area contributed by atoms with Crippen LogP contribution in [-0.4, -0.2) is 60.2 Å². The summed E-state index contributed by atoms with van der Waals surface area (Å²) in [6.07, 6.45) is 1.51. The molecule has 2 fully saturated rings. The smallest absolute Gasteiger partial charge is 0.311 e. The Bertz CT molecular complexity index is 718. The molecular formula is C20H30N2O7S. The monoisotopic (exact) mass is 442 g/mol. The van der Waals surface area contributed by atoms with Crippen LogP contribution in [0.4, 0.5) is 0 Å². The minimum absolute atomic E-state index is 0.122. The molecule has 10 heteroatoms. The van der Waals surface area contributed by atoms with Gasteiger partial charge in [-0.3, -0.25) is 19.2 Å². The molecule has 0 aromatic carbocycles. The fraction of sp³-hybridized carbons (Fsp3) is 0.700. The number of allylic oxidation sites excluding steroid dienone is 1. The number of nitrogens with one attached hydrogen (secondary N) is 2. The molecule has 2 heterocycles. The van der Waals surface area contributed by atoms with Crippen molar-refractivity contribution in [1.82, 2.24) is 10.6 Å². The number of amides is 2. The largest absolute Gasteiger partial charge is 0.431 e. The molecule has 2 saturated heterocycles. The van der Waals surface area contributed by atoms with Gasteiger partial charge < -0.3 is 24.8 Å². The van der Waals surface area contributed by atoms with Gasteiger partial charge in [-0.1, -0.05) is 25.6 Å². The van der Waals surface area contributed by atoms with E-state index in [9.17, 15) is 19.2 Å². The third-order valence-electron chi connectivity index (χ3n) is 4.56. The van der Waals surface area contributed by atoms with Crippen LogP contribution in [0, 0.1) is 5.41 Å². The van der Waals surface area contributed by atoms with Crippen molar-refractivity contribution in [2.45, 2.75) is 58.8 Å². The maximum absolute atomic E-state index is 12.5. The van der Waals surface area contributed by atoms with Gasteiger partial charge in [-0.15, -0.1) is 0 Å². The van der Waals surface area contributed by atoms with Crippen molar-refractivity contribution in [2.75, 3.05) is 25.4 Å². The van der Waals surface area contributed by atoms with Gasteiger partial charge in [-0.05, 0) is 13.8 Å². The first-order valence-electron chi connectivity index (χ1n) is 9.93. The van der Waals surface area contributed by atoms with Gasteiger partial charge in [0.15, 0.2) is 5.79 Å². The third kappa shape index (κ3) is 7.73. The number of carbonyl (C=O) groups is 4. The molecule has 0 aromatic heterocycles. The molecule has 2 rings (SSSR count). The maximum Gasteiger partial charge on any atom is 0.311 e. The molecule has 0 saturated carbocycles. The highest BCUT2D eigenvalue weighted by atomic mass is 32.2. The summed E-state index contributed by atoms with van der Waals surface area (Å²) in [5, 5.41) is 5.22. The molecular weight excluding hydrogens is 412 g/mol. The molecule has 0 aliphatic carbocycles. The number of thioether (sulfide) groups is 1. The fourth-order valence-corrected chi connectivity index (χ4v) is 3.51. The summed E-state index contributed by atoms with van der Waals surface area (Å²) in [4.78, 5) is 47.1. The summed E-state index contributed by atoms with van der Waals surface area (Å²) in [5.41, 5.74) is -0.474. The van der Waals surface area contributed by atoms with Crippen molar-refractivity contribution in [3.63, 3.8) is 0 Å². The van der Waals surface area contributed by atoms with Gasteiger partial charge >= 0.3 is 5.97 Å². The molecule has 2 amide bonds. The highest BCUT2D eigenvalue weighted by molar-refractivity contribution is 8.14. The molecule has 9 nitrogen and oxygen atoms in total. The zero-order valence-corrected chi connectivity index (χ0v) is 18.7. The van der Waals surface area contributed by atoms with Gasteiger partial charge in [0.05, 0.1) is 13.0 Å². The lowest BCUT2D eigenvalue weighted by Gasteiger charge is -2.44. The molecule has 0 radical (unpaired) electrons. The molecule has 2 aliphatic heterocycles. The number of hydrogen-bond donors (Lipinski definition) is 2. The van der Waals surface area contributed by atoms with Crippen LogP contribution in [0.2, 0.25) is 0 Å². The van der Waals surface area contributed by atoms with E-state index in [2.05, 4.69) is 10.6 Å². The molecule has 1 atom stereocenters. The predicted octanol–water partition coefficient (Wildman–Crippen LogP) is 1.27. The Balaban J connectivity index is 1.61. The van der Waals surface area contributed by atoms with E-state index in [1.54, 1.807) is 13.8 Å². The summed E-state index contributed by atoms with van der Waals surface area (Å²) in [7, 11) is 0. The van der Waals surface area contributed by atoms with Crippen LogP contribution in [0.1, 0.15) is 47.0 Å². The second-order valence-electron chi connectivity index (χ2n) is 8.32. The molecule has 0 aromatic rings. The second-order valence-corrected chi connectivity index (χ2v) is 9.42. The number of hydrogen-bond acceptors (Lipinski definition) is 8. The van der Waals surface area contributed by atoms with E-state index in [0.717, 1.165) is 11.8 Å². The Morgan fingerprint density at radius 3 is 2.53 bits per heavy atom.